The van der Waals surface area contributed by atoms with Crippen molar-refractivity contribution in [1.82, 2.24) is 0 Å². The summed E-state index contributed by atoms with van der Waals surface area (Å²) in [5.41, 5.74) is -8.29. The van der Waals surface area contributed by atoms with Crippen LogP contribution in [-0.2, 0) is 36.4 Å². The number of aliphatic hydroxyl groups is 1. The van der Waals surface area contributed by atoms with E-state index in [1.165, 1.54) is 0 Å². The van der Waals surface area contributed by atoms with E-state index < -0.39 is 79.8 Å². The van der Waals surface area contributed by atoms with E-state index in [1.54, 1.807) is 13.8 Å². The van der Waals surface area contributed by atoms with Gasteiger partial charge in [0.05, 0.1) is 28.6 Å². The van der Waals surface area contributed by atoms with Gasteiger partial charge >= 0.3 is 18.3 Å². The van der Waals surface area contributed by atoms with Crippen LogP contribution < -0.4 is 4.31 Å². The number of carbonyl (C=O) groups excluding carboxylic acids is 2. The Kier molecular flexibility index (Phi) is 7.94. The van der Waals surface area contributed by atoms with E-state index >= 15 is 0 Å². The van der Waals surface area contributed by atoms with Crippen molar-refractivity contribution in [2.24, 2.45) is 11.3 Å². The van der Waals surface area contributed by atoms with E-state index in [4.69, 9.17) is 4.74 Å². The lowest BCUT2D eigenvalue weighted by atomic mass is 9.78. The van der Waals surface area contributed by atoms with Gasteiger partial charge in [-0.1, -0.05) is 12.1 Å². The van der Waals surface area contributed by atoms with Gasteiger partial charge in [0.15, 0.2) is 0 Å². The number of aryl methyl sites for hydroxylation is 1. The molecule has 1 fully saturated rings. The molecule has 0 bridgehead atoms. The first kappa shape index (κ1) is 31.7. The van der Waals surface area contributed by atoms with Crippen LogP contribution in [0.25, 0.3) is 0 Å². The minimum Gasteiger partial charge on any atom is -0.465 e. The summed E-state index contributed by atoms with van der Waals surface area (Å²) >= 11 is 0. The number of hydrogen-bond donors (Lipinski definition) is 1. The standard InChI is InChI=1S/C27H26F7NO6S/c1-24(2)17(14-41-23(24)37)12-20(36)13-19-7-3-15-11-16(25(38,26(29,30)31)27(32,33)34)4-10-22(15)35(19)42(39,40)21-8-5-18(28)6-9-21/h4-6,8-11,17,19,38H,3,7,12-14H2,1-2H3/t17-,19+/m1/s1. The fourth-order valence-electron chi connectivity index (χ4n) is 5.25. The quantitative estimate of drug-likeness (QED) is 0.336. The zero-order chi connectivity index (χ0) is 31.5. The average Bonchev–Trinajstić information content (AvgIpc) is 3.12. The lowest BCUT2D eigenvalue weighted by molar-refractivity contribution is -0.376. The van der Waals surface area contributed by atoms with Gasteiger partial charge in [-0.05, 0) is 62.6 Å². The molecule has 0 radical (unpaired) electrons. The fourth-order valence-corrected chi connectivity index (χ4v) is 6.97. The third-order valence-electron chi connectivity index (χ3n) is 7.90. The molecule has 230 valence electrons. The van der Waals surface area contributed by atoms with E-state index in [-0.39, 0.29) is 37.1 Å². The van der Waals surface area contributed by atoms with Gasteiger partial charge in [-0.25, -0.2) is 12.8 Å². The molecule has 0 aromatic heterocycles. The predicted molar refractivity (Wildman–Crippen MR) is 133 cm³/mol. The Morgan fingerprint density at radius 2 is 1.62 bits per heavy atom. The van der Waals surface area contributed by atoms with Gasteiger partial charge < -0.3 is 9.84 Å². The Morgan fingerprint density at radius 1 is 1.02 bits per heavy atom. The molecule has 1 N–H and O–H groups in total. The molecule has 2 aromatic carbocycles. The van der Waals surface area contributed by atoms with Crippen molar-refractivity contribution in [1.29, 1.82) is 0 Å². The number of halogens is 7. The van der Waals surface area contributed by atoms with Crippen molar-refractivity contribution in [3.8, 4) is 0 Å². The number of fused-ring (bicyclic) bond motifs is 1. The SMILES string of the molecule is CC1(C)C(=O)OC[C@H]1CC(=O)C[C@@H]1CCc2cc(C(O)(C(F)(F)F)C(F)(F)F)ccc2N1S(=O)(=O)c1ccc(F)cc1. The van der Waals surface area contributed by atoms with Crippen LogP contribution in [0.1, 0.15) is 44.2 Å². The average molecular weight is 626 g/mol. The topological polar surface area (TPSA) is 101 Å². The third-order valence-corrected chi connectivity index (χ3v) is 9.78. The Morgan fingerprint density at radius 3 is 2.14 bits per heavy atom. The molecular weight excluding hydrogens is 599 g/mol. The summed E-state index contributed by atoms with van der Waals surface area (Å²) < 4.78 is 128. The number of anilines is 1. The second kappa shape index (κ2) is 10.5. The Balaban J connectivity index is 1.76. The minimum atomic E-state index is -6.15. The van der Waals surface area contributed by atoms with Crippen molar-refractivity contribution >= 4 is 27.5 Å². The van der Waals surface area contributed by atoms with E-state index in [9.17, 15) is 53.8 Å². The van der Waals surface area contributed by atoms with Crippen LogP contribution in [0.2, 0.25) is 0 Å². The predicted octanol–water partition coefficient (Wildman–Crippen LogP) is 5.20. The molecule has 0 aliphatic carbocycles. The second-order valence-electron chi connectivity index (χ2n) is 11.0. The molecule has 2 aromatic rings. The number of ether oxygens (including phenoxy) is 1. The second-order valence-corrected chi connectivity index (χ2v) is 12.8. The fraction of sp³-hybridized carbons (Fsp3) is 0.481. The summed E-state index contributed by atoms with van der Waals surface area (Å²) in [4.78, 5) is 24.7. The Hall–Kier alpha value is -3.20. The van der Waals surface area contributed by atoms with Crippen molar-refractivity contribution in [2.75, 3.05) is 10.9 Å². The third kappa shape index (κ3) is 5.36. The van der Waals surface area contributed by atoms with Crippen LogP contribution in [0.3, 0.4) is 0 Å². The number of hydrogen-bond acceptors (Lipinski definition) is 6. The zero-order valence-corrected chi connectivity index (χ0v) is 23.0. The van der Waals surface area contributed by atoms with E-state index in [2.05, 4.69) is 0 Å². The molecule has 0 amide bonds. The summed E-state index contributed by atoms with van der Waals surface area (Å²) in [6.07, 6.45) is -13.2. The van der Waals surface area contributed by atoms with Crippen molar-refractivity contribution in [3.63, 3.8) is 0 Å². The number of ketones is 1. The molecule has 2 aliphatic heterocycles. The summed E-state index contributed by atoms with van der Waals surface area (Å²) in [5.74, 6) is -2.21. The highest BCUT2D eigenvalue weighted by atomic mass is 32.2. The normalized spacial score (nSPS) is 21.2. The largest absolute Gasteiger partial charge is 0.465 e. The lowest BCUT2D eigenvalue weighted by Gasteiger charge is -2.39. The molecule has 2 atom stereocenters. The van der Waals surface area contributed by atoms with Crippen molar-refractivity contribution in [3.05, 3.63) is 59.4 Å². The molecule has 0 unspecified atom stereocenters. The van der Waals surface area contributed by atoms with Gasteiger partial charge in [0.25, 0.3) is 15.6 Å². The van der Waals surface area contributed by atoms with Gasteiger partial charge in [0.2, 0.25) is 0 Å². The molecule has 42 heavy (non-hydrogen) atoms. The van der Waals surface area contributed by atoms with Gasteiger partial charge in [-0.2, -0.15) is 26.3 Å². The molecule has 15 heteroatoms. The summed E-state index contributed by atoms with van der Waals surface area (Å²) in [6, 6.07) is 3.96. The summed E-state index contributed by atoms with van der Waals surface area (Å²) in [7, 11) is -4.62. The highest BCUT2D eigenvalue weighted by Crippen LogP contribution is 2.51. The molecule has 7 nitrogen and oxygen atoms in total. The van der Waals surface area contributed by atoms with Crippen LogP contribution >= 0.6 is 0 Å². The number of carbonyl (C=O) groups is 2. The molecule has 0 spiro atoms. The number of rotatable bonds is 7. The molecule has 0 saturated carbocycles. The van der Waals surface area contributed by atoms with Crippen molar-refractivity contribution in [2.45, 2.75) is 68.4 Å². The summed E-state index contributed by atoms with van der Waals surface area (Å²) in [5, 5.41) is 9.86. The zero-order valence-electron chi connectivity index (χ0n) is 22.2. The molecule has 2 aliphatic rings. The molecule has 4 rings (SSSR count). The van der Waals surface area contributed by atoms with Crippen LogP contribution in [-0.4, -0.2) is 50.3 Å². The summed E-state index contributed by atoms with van der Waals surface area (Å²) in [6.45, 7) is 3.18. The Labute approximate surface area is 236 Å². The van der Waals surface area contributed by atoms with Crippen LogP contribution in [0.4, 0.5) is 36.4 Å². The molecule has 2 heterocycles. The number of cyclic esters (lactones) is 1. The highest BCUT2D eigenvalue weighted by Gasteiger charge is 2.71. The van der Waals surface area contributed by atoms with Gasteiger partial charge in [0.1, 0.15) is 11.6 Å². The van der Waals surface area contributed by atoms with E-state index in [0.29, 0.717) is 12.1 Å². The maximum Gasteiger partial charge on any atom is 0.430 e. The number of sulfonamides is 1. The van der Waals surface area contributed by atoms with Gasteiger partial charge in [-0.3, -0.25) is 13.9 Å². The van der Waals surface area contributed by atoms with E-state index in [0.717, 1.165) is 34.6 Å². The van der Waals surface area contributed by atoms with Gasteiger partial charge in [0, 0.05) is 24.3 Å². The number of esters is 1. The number of Topliss-reactive ketones (excluding diaryl/α,β-unsaturated/α-hetero) is 1. The van der Waals surface area contributed by atoms with Crippen LogP contribution in [0.5, 0.6) is 0 Å². The minimum absolute atomic E-state index is 0.0211. The lowest BCUT2D eigenvalue weighted by Crippen LogP contribution is -2.54. The molecular formula is C27H26F7NO6S. The van der Waals surface area contributed by atoms with Gasteiger partial charge in [-0.15, -0.1) is 0 Å². The Bertz CT molecular complexity index is 1470. The number of nitrogens with zero attached hydrogens (tertiary/aromatic N) is 1. The smallest absolute Gasteiger partial charge is 0.430 e. The van der Waals surface area contributed by atoms with Crippen LogP contribution in [0.15, 0.2) is 47.4 Å². The number of alkyl halides is 6. The maximum atomic E-state index is 13.8. The van der Waals surface area contributed by atoms with Crippen molar-refractivity contribution < 1.29 is 58.6 Å². The maximum absolute atomic E-state index is 13.8. The monoisotopic (exact) mass is 625 g/mol. The highest BCUT2D eigenvalue weighted by molar-refractivity contribution is 7.92. The first-order valence-electron chi connectivity index (χ1n) is 12.7. The number of benzene rings is 2. The molecule has 1 saturated heterocycles. The first-order chi connectivity index (χ1) is 19.2. The first-order valence-corrected chi connectivity index (χ1v) is 14.1. The van der Waals surface area contributed by atoms with E-state index in [1.807, 2.05) is 0 Å². The van der Waals surface area contributed by atoms with Crippen LogP contribution in [0, 0.1) is 17.2 Å².